The highest BCUT2D eigenvalue weighted by molar-refractivity contribution is 5.61. The molecular weight excluding hydrogens is 376 g/mol. The first-order valence-electron chi connectivity index (χ1n) is 8.75. The van der Waals surface area contributed by atoms with Crippen molar-refractivity contribution in [2.24, 2.45) is 4.99 Å². The van der Waals surface area contributed by atoms with Crippen LogP contribution >= 0.6 is 0 Å². The summed E-state index contributed by atoms with van der Waals surface area (Å²) in [6.45, 7) is 0.0134. The van der Waals surface area contributed by atoms with E-state index in [1.54, 1.807) is 44.2 Å². The number of rotatable bonds is 9. The van der Waals surface area contributed by atoms with E-state index in [-0.39, 0.29) is 25.0 Å². The van der Waals surface area contributed by atoms with Crippen molar-refractivity contribution in [2.75, 3.05) is 28.2 Å². The number of nitro groups is 1. The van der Waals surface area contributed by atoms with E-state index in [0.717, 1.165) is 10.1 Å². The second-order valence-electron chi connectivity index (χ2n) is 6.59. The summed E-state index contributed by atoms with van der Waals surface area (Å²) in [6.07, 6.45) is 4.44. The zero-order valence-electron chi connectivity index (χ0n) is 16.8. The van der Waals surface area contributed by atoms with E-state index in [1.807, 2.05) is 30.3 Å². The Morgan fingerprint density at radius 1 is 1.21 bits per heavy atom. The van der Waals surface area contributed by atoms with Gasteiger partial charge in [-0.1, -0.05) is 30.3 Å². The lowest BCUT2D eigenvalue weighted by Crippen LogP contribution is -2.26. The predicted octanol–water partition coefficient (Wildman–Crippen LogP) is 2.08. The average molecular weight is 400 g/mol. The third kappa shape index (κ3) is 6.25. The Kier molecular flexibility index (Phi) is 7.61. The van der Waals surface area contributed by atoms with E-state index >= 15 is 0 Å². The van der Waals surface area contributed by atoms with E-state index < -0.39 is 16.2 Å². The lowest BCUT2D eigenvalue weighted by atomic mass is 10.2. The summed E-state index contributed by atoms with van der Waals surface area (Å²) in [7, 11) is 7.03. The van der Waals surface area contributed by atoms with Crippen LogP contribution in [-0.4, -0.2) is 58.8 Å². The van der Waals surface area contributed by atoms with Gasteiger partial charge in [0.1, 0.15) is 6.73 Å². The minimum Gasteiger partial charge on any atom is -0.383 e. The monoisotopic (exact) mass is 400 g/mol. The predicted molar refractivity (Wildman–Crippen MR) is 111 cm³/mol. The topological polar surface area (TPSA) is 106 Å². The van der Waals surface area contributed by atoms with Crippen molar-refractivity contribution in [3.63, 3.8) is 0 Å². The largest absolute Gasteiger partial charge is 0.383 e. The van der Waals surface area contributed by atoms with Crippen LogP contribution in [0.2, 0.25) is 0 Å². The molecule has 0 aliphatic heterocycles. The first-order chi connectivity index (χ1) is 13.8. The van der Waals surface area contributed by atoms with Crippen LogP contribution in [-0.2, 0) is 18.1 Å². The molecule has 10 heteroatoms. The van der Waals surface area contributed by atoms with E-state index in [0.29, 0.717) is 0 Å². The first kappa shape index (κ1) is 21.8. The molecule has 10 nitrogen and oxygen atoms in total. The van der Waals surface area contributed by atoms with Gasteiger partial charge in [0.05, 0.1) is 17.9 Å². The molecule has 0 spiro atoms. The summed E-state index contributed by atoms with van der Waals surface area (Å²) >= 11 is 0. The molecule has 0 N–H and O–H groups in total. The van der Waals surface area contributed by atoms with E-state index in [9.17, 15) is 14.9 Å². The van der Waals surface area contributed by atoms with Gasteiger partial charge in [0.2, 0.25) is 5.95 Å². The van der Waals surface area contributed by atoms with Gasteiger partial charge >= 0.3 is 11.2 Å². The summed E-state index contributed by atoms with van der Waals surface area (Å²) in [6, 6.07) is 9.38. The van der Waals surface area contributed by atoms with Gasteiger partial charge in [0.15, 0.2) is 5.69 Å². The van der Waals surface area contributed by atoms with Gasteiger partial charge in [-0.2, -0.15) is 0 Å². The van der Waals surface area contributed by atoms with Crippen molar-refractivity contribution < 1.29 is 9.66 Å². The summed E-state index contributed by atoms with van der Waals surface area (Å²) in [4.78, 5) is 35.4. The smallest absolute Gasteiger partial charge is 0.359 e. The van der Waals surface area contributed by atoms with Crippen molar-refractivity contribution in [1.29, 1.82) is 0 Å². The molecule has 0 saturated carbocycles. The van der Waals surface area contributed by atoms with Crippen molar-refractivity contribution in [3.05, 3.63) is 68.3 Å². The molecule has 0 aliphatic rings. The van der Waals surface area contributed by atoms with E-state index in [1.165, 1.54) is 12.4 Å². The fraction of sp³-hybridized carbons (Fsp3) is 0.316. The molecule has 2 rings (SSSR count). The number of aliphatic imine (C=N–C) groups is 1. The van der Waals surface area contributed by atoms with Gasteiger partial charge in [0.25, 0.3) is 0 Å². The van der Waals surface area contributed by atoms with Gasteiger partial charge in [0, 0.05) is 34.4 Å². The van der Waals surface area contributed by atoms with Crippen molar-refractivity contribution in [1.82, 2.24) is 19.4 Å². The lowest BCUT2D eigenvalue weighted by Gasteiger charge is -2.12. The third-order valence-corrected chi connectivity index (χ3v) is 3.60. The maximum absolute atomic E-state index is 12.9. The Morgan fingerprint density at radius 2 is 1.90 bits per heavy atom. The van der Waals surface area contributed by atoms with Crippen LogP contribution in [0.1, 0.15) is 11.3 Å². The second kappa shape index (κ2) is 10.1. The minimum atomic E-state index is -0.831. The zero-order chi connectivity index (χ0) is 21.4. The molecule has 1 aromatic heterocycles. The molecule has 154 valence electrons. The summed E-state index contributed by atoms with van der Waals surface area (Å²) in [5.74, 6) is 0.0146. The van der Waals surface area contributed by atoms with Crippen LogP contribution in [0.25, 0.3) is 6.08 Å². The Hall–Kier alpha value is -3.53. The molecule has 0 unspecified atom stereocenters. The third-order valence-electron chi connectivity index (χ3n) is 3.60. The summed E-state index contributed by atoms with van der Waals surface area (Å²) in [5.41, 5.74) is -0.622. The number of benzene rings is 1. The van der Waals surface area contributed by atoms with Gasteiger partial charge in [-0.3, -0.25) is 14.9 Å². The highest BCUT2D eigenvalue weighted by atomic mass is 16.6. The van der Waals surface area contributed by atoms with Crippen LogP contribution in [0.3, 0.4) is 0 Å². The molecule has 0 radical (unpaired) electrons. The molecule has 2 aromatic rings. The molecule has 0 bridgehead atoms. The summed E-state index contributed by atoms with van der Waals surface area (Å²) in [5, 5.41) is 11.5. The van der Waals surface area contributed by atoms with Gasteiger partial charge in [-0.15, -0.1) is 0 Å². The maximum atomic E-state index is 12.9. The van der Waals surface area contributed by atoms with E-state index in [2.05, 4.69) is 9.98 Å². The molecule has 1 aromatic carbocycles. The number of hydrogen-bond donors (Lipinski definition) is 0. The van der Waals surface area contributed by atoms with Crippen LogP contribution in [0, 0.1) is 10.1 Å². The molecular formula is C19H24N6O4. The molecule has 0 fully saturated rings. The van der Waals surface area contributed by atoms with Gasteiger partial charge in [-0.25, -0.2) is 14.5 Å². The standard InChI is InChI=1S/C19H24N6O4/c1-22(2)11-10-16-17(25(27)28)18(26)24(19(21-16)20-13-23(3)4)14-29-12-15-8-6-5-7-9-15/h5-11,13H,12,14H2,1-4H3/b11-10+,20-13+. The van der Waals surface area contributed by atoms with Crippen molar-refractivity contribution >= 4 is 24.1 Å². The van der Waals surface area contributed by atoms with Gasteiger partial charge < -0.3 is 14.5 Å². The highest BCUT2D eigenvalue weighted by Crippen LogP contribution is 2.18. The second-order valence-corrected chi connectivity index (χ2v) is 6.59. The fourth-order valence-electron chi connectivity index (χ4n) is 2.27. The van der Waals surface area contributed by atoms with Crippen molar-refractivity contribution in [3.8, 4) is 0 Å². The van der Waals surface area contributed by atoms with Crippen LogP contribution in [0.5, 0.6) is 0 Å². The summed E-state index contributed by atoms with van der Waals surface area (Å²) < 4.78 is 6.64. The zero-order valence-corrected chi connectivity index (χ0v) is 16.8. The molecule has 1 heterocycles. The number of hydrogen-bond acceptors (Lipinski definition) is 7. The lowest BCUT2D eigenvalue weighted by molar-refractivity contribution is -0.387. The average Bonchev–Trinajstić information content (AvgIpc) is 2.66. The Bertz CT molecular complexity index is 951. The van der Waals surface area contributed by atoms with Crippen molar-refractivity contribution in [2.45, 2.75) is 13.3 Å². The normalized spacial score (nSPS) is 11.3. The number of nitrogens with zero attached hydrogens (tertiary/aromatic N) is 6. The fourth-order valence-corrected chi connectivity index (χ4v) is 2.27. The maximum Gasteiger partial charge on any atom is 0.359 e. The number of ether oxygens (including phenoxy) is 1. The molecule has 0 aliphatic carbocycles. The van der Waals surface area contributed by atoms with Crippen LogP contribution < -0.4 is 5.56 Å². The molecule has 0 saturated heterocycles. The van der Waals surface area contributed by atoms with E-state index in [4.69, 9.17) is 4.74 Å². The first-order valence-corrected chi connectivity index (χ1v) is 8.75. The van der Waals surface area contributed by atoms with Crippen LogP contribution in [0.4, 0.5) is 11.6 Å². The van der Waals surface area contributed by atoms with Gasteiger partial charge in [-0.05, 0) is 11.6 Å². The van der Waals surface area contributed by atoms with Crippen LogP contribution in [0.15, 0.2) is 46.3 Å². The minimum absolute atomic E-state index is 0.0146. The molecule has 29 heavy (non-hydrogen) atoms. The Balaban J connectivity index is 2.46. The quantitative estimate of drug-likeness (QED) is 0.274. The SMILES string of the molecule is CN(C)/C=C/c1nc(/N=C/N(C)C)n(COCc2ccccc2)c(=O)c1[N+](=O)[O-]. The Morgan fingerprint density at radius 3 is 2.48 bits per heavy atom. The number of aromatic nitrogens is 2. The molecule has 0 atom stereocenters. The Labute approximate surface area is 168 Å². The molecule has 0 amide bonds. The highest BCUT2D eigenvalue weighted by Gasteiger charge is 2.24.